The summed E-state index contributed by atoms with van der Waals surface area (Å²) in [7, 11) is 0. The van der Waals surface area contributed by atoms with Crippen LogP contribution in [0.25, 0.3) is 0 Å². The van der Waals surface area contributed by atoms with Crippen molar-refractivity contribution in [2.75, 3.05) is 0 Å². The Kier molecular flexibility index (Phi) is 6.32. The molecule has 0 saturated heterocycles. The second-order valence-corrected chi connectivity index (χ2v) is 14.6. The van der Waals surface area contributed by atoms with Crippen LogP contribution in [-0.4, -0.2) is 27.3 Å². The summed E-state index contributed by atoms with van der Waals surface area (Å²) in [4.78, 5) is 17.4. The molecule has 0 aromatic carbocycles. The molecule has 34 heavy (non-hydrogen) atoms. The molecule has 0 bridgehead atoms. The molecule has 0 heterocycles. The van der Waals surface area contributed by atoms with Gasteiger partial charge in [0.1, 0.15) is 11.4 Å². The normalized spacial score (nSPS) is 46.0. The molecule has 4 heteroatoms. The van der Waals surface area contributed by atoms with Crippen LogP contribution in [-0.2, 0) is 9.68 Å². The highest BCUT2D eigenvalue weighted by Crippen LogP contribution is 2.75. The molecule has 4 nitrogen and oxygen atoms in total. The number of carbonyl (C=O) groups excluding carboxylic acids is 1. The van der Waals surface area contributed by atoms with Gasteiger partial charge in [-0.05, 0) is 112 Å². The molecule has 4 saturated carbocycles. The first-order valence-corrected chi connectivity index (χ1v) is 13.8. The van der Waals surface area contributed by atoms with E-state index < -0.39 is 11.2 Å². The van der Waals surface area contributed by atoms with E-state index in [2.05, 4.69) is 39.5 Å². The van der Waals surface area contributed by atoms with Crippen molar-refractivity contribution in [3.8, 4) is 0 Å². The van der Waals surface area contributed by atoms with E-state index in [0.717, 1.165) is 25.7 Å². The minimum Gasteiger partial charge on any atom is -0.390 e. The zero-order chi connectivity index (χ0) is 25.4. The summed E-state index contributed by atoms with van der Waals surface area (Å²) in [5.41, 5.74) is -1.00. The second-order valence-electron chi connectivity index (χ2n) is 14.6. The van der Waals surface area contributed by atoms with Crippen LogP contribution in [0, 0.1) is 45.3 Å². The lowest BCUT2D eigenvalue weighted by atomic mass is 9.35. The van der Waals surface area contributed by atoms with Crippen LogP contribution in [0.4, 0.5) is 0 Å². The quantitative estimate of drug-likeness (QED) is 0.251. The first-order valence-electron chi connectivity index (χ1n) is 13.8. The van der Waals surface area contributed by atoms with E-state index in [1.54, 1.807) is 0 Å². The maximum atomic E-state index is 12.9. The predicted octanol–water partition coefficient (Wildman–Crippen LogP) is 7.21. The Balaban J connectivity index is 1.60. The Labute approximate surface area is 207 Å². The van der Waals surface area contributed by atoms with Gasteiger partial charge in [-0.3, -0.25) is 10.1 Å². The molecular weight excluding hydrogens is 424 g/mol. The Hall–Kier alpha value is -0.710. The van der Waals surface area contributed by atoms with Gasteiger partial charge in [0.2, 0.25) is 0 Å². The molecule has 4 rings (SSSR count). The number of hydrogen-bond donors (Lipinski definition) is 2. The SMILES string of the molecule is CC(C)(/C=C/C[C@](C)(O)[C@H]1CC[C@]2(C)C1CC[C@@H]1[C@@]3(C)CCC(=O)C(C)(C)C3CC[C@]12C)OO. The average Bonchev–Trinajstić information content (AvgIpc) is 3.10. The molecule has 2 N–H and O–H groups in total. The number of hydrogen-bond acceptors (Lipinski definition) is 4. The van der Waals surface area contributed by atoms with E-state index in [9.17, 15) is 9.90 Å². The van der Waals surface area contributed by atoms with Crippen molar-refractivity contribution in [3.63, 3.8) is 0 Å². The van der Waals surface area contributed by atoms with Crippen molar-refractivity contribution in [1.29, 1.82) is 0 Å². The van der Waals surface area contributed by atoms with E-state index in [1.807, 2.05) is 32.9 Å². The van der Waals surface area contributed by atoms with Gasteiger partial charge in [-0.1, -0.05) is 46.8 Å². The smallest absolute Gasteiger partial charge is 0.138 e. The zero-order valence-corrected chi connectivity index (χ0v) is 23.0. The van der Waals surface area contributed by atoms with Crippen LogP contribution in [0.3, 0.4) is 0 Å². The van der Waals surface area contributed by atoms with Crippen molar-refractivity contribution < 1.29 is 20.0 Å². The third-order valence-electron chi connectivity index (χ3n) is 12.2. The number of fused-ring (bicyclic) bond motifs is 5. The van der Waals surface area contributed by atoms with E-state index in [1.165, 1.54) is 25.7 Å². The lowest BCUT2D eigenvalue weighted by Gasteiger charge is -2.69. The highest BCUT2D eigenvalue weighted by Gasteiger charge is 2.69. The van der Waals surface area contributed by atoms with Crippen molar-refractivity contribution in [2.24, 2.45) is 45.3 Å². The second kappa shape index (κ2) is 8.15. The molecule has 0 amide bonds. The van der Waals surface area contributed by atoms with Crippen LogP contribution in [0.5, 0.6) is 0 Å². The highest BCUT2D eigenvalue weighted by atomic mass is 17.1. The standard InChI is InChI=1S/C30H50O4/c1-25(2,34-33)15-9-16-30(8,32)21-12-18-28(6)20(21)10-11-23-27(5)17-14-24(31)26(3,4)22(27)13-19-29(23,28)7/h9,15,20-23,32-33H,10-14,16-19H2,1-8H3/b15-9+/t20?,21-,22?,23+,27-,28+,29+,30-/m0/s1. The first kappa shape index (κ1) is 26.4. The third kappa shape index (κ3) is 3.68. The van der Waals surface area contributed by atoms with E-state index >= 15 is 0 Å². The molecule has 0 spiro atoms. The molecule has 0 aromatic heterocycles. The number of aliphatic hydroxyl groups is 1. The fourth-order valence-corrected chi connectivity index (χ4v) is 10.1. The molecular formula is C30H50O4. The fraction of sp³-hybridized carbons (Fsp3) is 0.900. The van der Waals surface area contributed by atoms with E-state index in [0.29, 0.717) is 30.0 Å². The van der Waals surface area contributed by atoms with E-state index in [-0.39, 0.29) is 27.6 Å². The van der Waals surface area contributed by atoms with Gasteiger partial charge in [0.15, 0.2) is 0 Å². The first-order chi connectivity index (χ1) is 15.6. The number of Topliss-reactive ketones (excluding diaryl/α,β-unsaturated/α-hetero) is 1. The van der Waals surface area contributed by atoms with Gasteiger partial charge in [-0.25, -0.2) is 4.89 Å². The van der Waals surface area contributed by atoms with Crippen molar-refractivity contribution >= 4 is 5.78 Å². The summed E-state index contributed by atoms with van der Waals surface area (Å²) in [6, 6.07) is 0. The highest BCUT2D eigenvalue weighted by molar-refractivity contribution is 5.85. The largest absolute Gasteiger partial charge is 0.390 e. The zero-order valence-electron chi connectivity index (χ0n) is 23.0. The molecule has 4 fully saturated rings. The number of ketones is 1. The lowest BCUT2D eigenvalue weighted by Crippen LogP contribution is -2.63. The summed E-state index contributed by atoms with van der Waals surface area (Å²) >= 11 is 0. The van der Waals surface area contributed by atoms with Gasteiger partial charge in [0.25, 0.3) is 0 Å². The summed E-state index contributed by atoms with van der Waals surface area (Å²) in [5, 5.41) is 20.7. The van der Waals surface area contributed by atoms with Gasteiger partial charge in [-0.2, -0.15) is 0 Å². The van der Waals surface area contributed by atoms with Gasteiger partial charge in [0.05, 0.1) is 5.60 Å². The monoisotopic (exact) mass is 474 g/mol. The molecule has 0 aliphatic heterocycles. The summed E-state index contributed by atoms with van der Waals surface area (Å²) in [6.45, 7) is 17.7. The Bertz CT molecular complexity index is 841. The molecule has 2 unspecified atom stereocenters. The van der Waals surface area contributed by atoms with Crippen LogP contribution < -0.4 is 0 Å². The minimum absolute atomic E-state index is 0.202. The van der Waals surface area contributed by atoms with Gasteiger partial charge < -0.3 is 5.11 Å². The van der Waals surface area contributed by atoms with Crippen LogP contribution in [0.2, 0.25) is 0 Å². The summed E-state index contributed by atoms with van der Waals surface area (Å²) in [5.74, 6) is 2.42. The topological polar surface area (TPSA) is 66.8 Å². The molecule has 194 valence electrons. The maximum Gasteiger partial charge on any atom is 0.138 e. The van der Waals surface area contributed by atoms with Crippen LogP contribution in [0.15, 0.2) is 12.2 Å². The van der Waals surface area contributed by atoms with Gasteiger partial charge in [0, 0.05) is 11.8 Å². The van der Waals surface area contributed by atoms with E-state index in [4.69, 9.17) is 5.26 Å². The predicted molar refractivity (Wildman–Crippen MR) is 136 cm³/mol. The maximum absolute atomic E-state index is 12.9. The lowest BCUT2D eigenvalue weighted by molar-refractivity contribution is -0.297. The Morgan fingerprint density at radius 1 is 0.941 bits per heavy atom. The van der Waals surface area contributed by atoms with Crippen LogP contribution >= 0.6 is 0 Å². The Morgan fingerprint density at radius 3 is 2.24 bits per heavy atom. The van der Waals surface area contributed by atoms with Crippen molar-refractivity contribution in [1.82, 2.24) is 0 Å². The molecule has 8 atom stereocenters. The molecule has 4 aliphatic rings. The van der Waals surface area contributed by atoms with Gasteiger partial charge in [-0.15, -0.1) is 0 Å². The number of carbonyl (C=O) groups is 1. The summed E-state index contributed by atoms with van der Waals surface area (Å²) in [6.07, 6.45) is 13.2. The Morgan fingerprint density at radius 2 is 1.59 bits per heavy atom. The summed E-state index contributed by atoms with van der Waals surface area (Å²) < 4.78 is 0. The fourth-order valence-electron chi connectivity index (χ4n) is 10.1. The van der Waals surface area contributed by atoms with Gasteiger partial charge >= 0.3 is 0 Å². The van der Waals surface area contributed by atoms with Crippen LogP contribution in [0.1, 0.15) is 113 Å². The third-order valence-corrected chi connectivity index (χ3v) is 12.2. The number of rotatable bonds is 5. The minimum atomic E-state index is -0.770. The molecule has 4 aliphatic carbocycles. The molecule has 0 aromatic rings. The van der Waals surface area contributed by atoms with Crippen molar-refractivity contribution in [3.05, 3.63) is 12.2 Å². The average molecular weight is 475 g/mol. The molecule has 0 radical (unpaired) electrons. The van der Waals surface area contributed by atoms with Crippen molar-refractivity contribution in [2.45, 2.75) is 124 Å².